The first-order valence-corrected chi connectivity index (χ1v) is 7.55. The van der Waals surface area contributed by atoms with E-state index < -0.39 is 11.9 Å². The Morgan fingerprint density at radius 2 is 1.70 bits per heavy atom. The Kier molecular flexibility index (Phi) is 5.40. The van der Waals surface area contributed by atoms with Crippen molar-refractivity contribution in [3.63, 3.8) is 0 Å². The maximum Gasteiger partial charge on any atom is 0.338 e. The number of hydrogen-bond acceptors (Lipinski definition) is 3. The first-order chi connectivity index (χ1) is 10.9. The van der Waals surface area contributed by atoms with Crippen LogP contribution in [0.15, 0.2) is 36.4 Å². The van der Waals surface area contributed by atoms with Crippen LogP contribution in [-0.2, 0) is 9.53 Å². The number of amides is 1. The van der Waals surface area contributed by atoms with Crippen molar-refractivity contribution in [3.8, 4) is 0 Å². The molecule has 4 nitrogen and oxygen atoms in total. The second-order valence-corrected chi connectivity index (χ2v) is 5.82. The average Bonchev–Trinajstić information content (AvgIpc) is 2.51. The molecule has 1 amide bonds. The molecule has 2 aromatic rings. The lowest BCUT2D eigenvalue weighted by Crippen LogP contribution is -2.21. The molecule has 2 aromatic carbocycles. The van der Waals surface area contributed by atoms with Gasteiger partial charge in [-0.05, 0) is 61.7 Å². The van der Waals surface area contributed by atoms with E-state index in [1.54, 1.807) is 30.3 Å². The summed E-state index contributed by atoms with van der Waals surface area (Å²) in [6.07, 6.45) is 0. The molecule has 0 saturated heterocycles. The van der Waals surface area contributed by atoms with Crippen LogP contribution >= 0.6 is 11.6 Å². The summed E-state index contributed by atoms with van der Waals surface area (Å²) < 4.78 is 5.04. The third-order valence-corrected chi connectivity index (χ3v) is 3.79. The van der Waals surface area contributed by atoms with Gasteiger partial charge in [-0.1, -0.05) is 23.7 Å². The number of nitrogens with one attached hydrogen (secondary N) is 1. The van der Waals surface area contributed by atoms with Gasteiger partial charge in [-0.2, -0.15) is 0 Å². The number of carbonyl (C=O) groups is 2. The first kappa shape index (κ1) is 17.0. The predicted molar refractivity (Wildman–Crippen MR) is 91.0 cm³/mol. The minimum absolute atomic E-state index is 0.349. The average molecular weight is 332 g/mol. The summed E-state index contributed by atoms with van der Waals surface area (Å²) in [5.41, 5.74) is 4.00. The van der Waals surface area contributed by atoms with Crippen molar-refractivity contribution >= 4 is 29.2 Å². The molecule has 0 aromatic heterocycles. The lowest BCUT2D eigenvalue weighted by molar-refractivity contribution is -0.119. The van der Waals surface area contributed by atoms with Crippen molar-refractivity contribution in [1.29, 1.82) is 0 Å². The van der Waals surface area contributed by atoms with Gasteiger partial charge in [0.1, 0.15) is 0 Å². The SMILES string of the molecule is Cc1ccc(C(=O)OCC(=O)Nc2cc(Cl)ccc2C)cc1C. The Labute approximate surface area is 140 Å². The van der Waals surface area contributed by atoms with Gasteiger partial charge in [0.05, 0.1) is 5.56 Å². The molecule has 0 aliphatic heterocycles. The first-order valence-electron chi connectivity index (χ1n) is 7.17. The monoisotopic (exact) mass is 331 g/mol. The number of rotatable bonds is 4. The predicted octanol–water partition coefficient (Wildman–Crippen LogP) is 4.06. The Morgan fingerprint density at radius 1 is 1.00 bits per heavy atom. The van der Waals surface area contributed by atoms with E-state index in [2.05, 4.69) is 5.32 Å². The number of halogens is 1. The molecular weight excluding hydrogens is 314 g/mol. The Morgan fingerprint density at radius 3 is 2.39 bits per heavy atom. The van der Waals surface area contributed by atoms with E-state index in [1.165, 1.54) is 0 Å². The third-order valence-electron chi connectivity index (χ3n) is 3.55. The van der Waals surface area contributed by atoms with Crippen molar-refractivity contribution in [2.45, 2.75) is 20.8 Å². The Hall–Kier alpha value is -2.33. The molecule has 0 heterocycles. The van der Waals surface area contributed by atoms with E-state index in [1.807, 2.05) is 26.8 Å². The molecule has 0 bridgehead atoms. The van der Waals surface area contributed by atoms with Crippen LogP contribution in [0.4, 0.5) is 5.69 Å². The number of benzene rings is 2. The van der Waals surface area contributed by atoms with E-state index in [4.69, 9.17) is 16.3 Å². The second kappa shape index (κ2) is 7.29. The van der Waals surface area contributed by atoms with Crippen molar-refractivity contribution < 1.29 is 14.3 Å². The lowest BCUT2D eigenvalue weighted by atomic mass is 10.1. The minimum atomic E-state index is -0.522. The minimum Gasteiger partial charge on any atom is -0.452 e. The van der Waals surface area contributed by atoms with Gasteiger partial charge in [-0.15, -0.1) is 0 Å². The molecule has 5 heteroatoms. The summed E-state index contributed by atoms with van der Waals surface area (Å²) in [5.74, 6) is -0.932. The summed E-state index contributed by atoms with van der Waals surface area (Å²) in [6.45, 7) is 5.39. The van der Waals surface area contributed by atoms with Gasteiger partial charge >= 0.3 is 5.97 Å². The van der Waals surface area contributed by atoms with Crippen molar-refractivity contribution in [3.05, 3.63) is 63.7 Å². The van der Waals surface area contributed by atoms with Crippen LogP contribution in [0.2, 0.25) is 5.02 Å². The van der Waals surface area contributed by atoms with Crippen LogP contribution in [-0.4, -0.2) is 18.5 Å². The number of carbonyl (C=O) groups excluding carboxylic acids is 2. The number of aryl methyl sites for hydroxylation is 3. The lowest BCUT2D eigenvalue weighted by Gasteiger charge is -2.10. The highest BCUT2D eigenvalue weighted by Crippen LogP contribution is 2.20. The molecule has 0 spiro atoms. The van der Waals surface area contributed by atoms with Crippen LogP contribution in [0.3, 0.4) is 0 Å². The summed E-state index contributed by atoms with van der Waals surface area (Å²) >= 11 is 5.90. The highest BCUT2D eigenvalue weighted by atomic mass is 35.5. The largest absolute Gasteiger partial charge is 0.452 e. The van der Waals surface area contributed by atoms with Gasteiger partial charge in [-0.25, -0.2) is 4.79 Å². The molecule has 120 valence electrons. The van der Waals surface area contributed by atoms with Crippen LogP contribution in [0.25, 0.3) is 0 Å². The van der Waals surface area contributed by atoms with E-state index in [0.717, 1.165) is 16.7 Å². The highest BCUT2D eigenvalue weighted by Gasteiger charge is 2.12. The highest BCUT2D eigenvalue weighted by molar-refractivity contribution is 6.31. The fraction of sp³-hybridized carbons (Fsp3) is 0.222. The maximum atomic E-state index is 12.0. The fourth-order valence-corrected chi connectivity index (χ4v) is 2.17. The van der Waals surface area contributed by atoms with E-state index in [-0.39, 0.29) is 6.61 Å². The van der Waals surface area contributed by atoms with Gasteiger partial charge in [0.25, 0.3) is 5.91 Å². The topological polar surface area (TPSA) is 55.4 Å². The molecule has 23 heavy (non-hydrogen) atoms. The molecule has 0 fully saturated rings. The second-order valence-electron chi connectivity index (χ2n) is 5.38. The quantitative estimate of drug-likeness (QED) is 0.859. The van der Waals surface area contributed by atoms with Crippen LogP contribution < -0.4 is 5.32 Å². The van der Waals surface area contributed by atoms with Gasteiger partial charge in [0, 0.05) is 10.7 Å². The van der Waals surface area contributed by atoms with Gasteiger partial charge < -0.3 is 10.1 Å². The van der Waals surface area contributed by atoms with Crippen molar-refractivity contribution in [2.75, 3.05) is 11.9 Å². The zero-order valence-corrected chi connectivity index (χ0v) is 14.0. The Balaban J connectivity index is 1.94. The van der Waals surface area contributed by atoms with Crippen LogP contribution in [0.1, 0.15) is 27.0 Å². The zero-order valence-electron chi connectivity index (χ0n) is 13.3. The molecular formula is C18H18ClNO3. The summed E-state index contributed by atoms with van der Waals surface area (Å²) in [6, 6.07) is 10.5. The normalized spacial score (nSPS) is 10.3. The van der Waals surface area contributed by atoms with E-state index >= 15 is 0 Å². The maximum absolute atomic E-state index is 12.0. The van der Waals surface area contributed by atoms with Crippen molar-refractivity contribution in [2.24, 2.45) is 0 Å². The van der Waals surface area contributed by atoms with Gasteiger partial charge in [0.15, 0.2) is 6.61 Å². The number of ether oxygens (including phenoxy) is 1. The van der Waals surface area contributed by atoms with Gasteiger partial charge in [-0.3, -0.25) is 4.79 Å². The fourth-order valence-electron chi connectivity index (χ4n) is 2.00. The van der Waals surface area contributed by atoms with Crippen LogP contribution in [0, 0.1) is 20.8 Å². The number of esters is 1. The third kappa shape index (κ3) is 4.57. The number of hydrogen-bond donors (Lipinski definition) is 1. The molecule has 0 atom stereocenters. The molecule has 0 unspecified atom stereocenters. The molecule has 0 radical (unpaired) electrons. The molecule has 0 aliphatic carbocycles. The Bertz CT molecular complexity index is 756. The summed E-state index contributed by atoms with van der Waals surface area (Å²) in [7, 11) is 0. The summed E-state index contributed by atoms with van der Waals surface area (Å²) in [5, 5.41) is 3.20. The zero-order chi connectivity index (χ0) is 17.0. The molecule has 0 aliphatic rings. The summed E-state index contributed by atoms with van der Waals surface area (Å²) in [4.78, 5) is 23.9. The smallest absolute Gasteiger partial charge is 0.338 e. The van der Waals surface area contributed by atoms with Crippen molar-refractivity contribution in [1.82, 2.24) is 0 Å². The number of anilines is 1. The van der Waals surface area contributed by atoms with Gasteiger partial charge in [0.2, 0.25) is 0 Å². The van der Waals surface area contributed by atoms with E-state index in [9.17, 15) is 9.59 Å². The van der Waals surface area contributed by atoms with Crippen LogP contribution in [0.5, 0.6) is 0 Å². The molecule has 0 saturated carbocycles. The molecule has 2 rings (SSSR count). The molecule has 1 N–H and O–H groups in total. The standard InChI is InChI=1S/C18H18ClNO3/c1-11-4-6-14(8-13(11)3)18(22)23-10-17(21)20-16-9-15(19)7-5-12(16)2/h4-9H,10H2,1-3H3,(H,20,21). The van der Waals surface area contributed by atoms with E-state index in [0.29, 0.717) is 16.3 Å².